The summed E-state index contributed by atoms with van der Waals surface area (Å²) in [6.45, 7) is 10.4. The molecule has 1 aliphatic carbocycles. The Kier molecular flexibility index (Phi) is 4.85. The Bertz CT molecular complexity index is 852. The number of carbonyl (C=O) groups is 2. The van der Waals surface area contributed by atoms with E-state index < -0.39 is 5.41 Å². The number of nitrogens with one attached hydrogen (secondary N) is 2. The van der Waals surface area contributed by atoms with Gasteiger partial charge in [0.05, 0.1) is 0 Å². The fourth-order valence-electron chi connectivity index (χ4n) is 3.28. The van der Waals surface area contributed by atoms with Gasteiger partial charge in [0.1, 0.15) is 5.41 Å². The molecular weight excluding hydrogens is 336 g/mol. The molecule has 0 saturated heterocycles. The molecule has 2 aromatic carbocycles. The number of rotatable bonds is 4. The van der Waals surface area contributed by atoms with Gasteiger partial charge in [0.25, 0.3) is 0 Å². The van der Waals surface area contributed by atoms with Crippen LogP contribution in [0.4, 0.5) is 11.4 Å². The lowest BCUT2D eigenvalue weighted by Gasteiger charge is -2.20. The van der Waals surface area contributed by atoms with Crippen molar-refractivity contribution in [1.29, 1.82) is 0 Å². The van der Waals surface area contributed by atoms with Crippen LogP contribution in [-0.2, 0) is 15.0 Å². The van der Waals surface area contributed by atoms with E-state index in [1.165, 1.54) is 5.56 Å². The third-order valence-electron chi connectivity index (χ3n) is 5.11. The molecule has 0 aromatic heterocycles. The molecule has 1 fully saturated rings. The van der Waals surface area contributed by atoms with Crippen LogP contribution in [0.5, 0.6) is 0 Å². The van der Waals surface area contributed by atoms with Gasteiger partial charge >= 0.3 is 0 Å². The van der Waals surface area contributed by atoms with E-state index in [1.54, 1.807) is 0 Å². The highest BCUT2D eigenvalue weighted by molar-refractivity contribution is 6.16. The van der Waals surface area contributed by atoms with E-state index >= 15 is 0 Å². The van der Waals surface area contributed by atoms with E-state index in [0.29, 0.717) is 12.8 Å². The van der Waals surface area contributed by atoms with Crippen LogP contribution >= 0.6 is 0 Å². The summed E-state index contributed by atoms with van der Waals surface area (Å²) in [5.74, 6) is -0.454. The summed E-state index contributed by atoms with van der Waals surface area (Å²) < 4.78 is 0. The molecule has 0 atom stereocenters. The molecule has 27 heavy (non-hydrogen) atoms. The highest BCUT2D eigenvalue weighted by atomic mass is 16.2. The van der Waals surface area contributed by atoms with Crippen LogP contribution in [-0.4, -0.2) is 11.8 Å². The molecule has 4 nitrogen and oxygen atoms in total. The van der Waals surface area contributed by atoms with Gasteiger partial charge < -0.3 is 10.6 Å². The van der Waals surface area contributed by atoms with E-state index in [-0.39, 0.29) is 17.2 Å². The predicted molar refractivity (Wildman–Crippen MR) is 110 cm³/mol. The normalized spacial score (nSPS) is 15.1. The molecule has 0 heterocycles. The van der Waals surface area contributed by atoms with Crippen molar-refractivity contribution in [3.8, 4) is 0 Å². The van der Waals surface area contributed by atoms with Gasteiger partial charge in [-0.15, -0.1) is 0 Å². The first-order valence-electron chi connectivity index (χ1n) is 9.42. The lowest BCUT2D eigenvalue weighted by Crippen LogP contribution is -2.35. The fraction of sp³-hybridized carbons (Fsp3) is 0.391. The molecule has 142 valence electrons. The fourth-order valence-corrected chi connectivity index (χ4v) is 3.28. The Morgan fingerprint density at radius 1 is 0.815 bits per heavy atom. The second kappa shape index (κ2) is 6.84. The average Bonchev–Trinajstić information content (AvgIpc) is 3.35. The molecule has 0 bridgehead atoms. The molecule has 0 unspecified atom stereocenters. The maximum atomic E-state index is 12.8. The van der Waals surface area contributed by atoms with Gasteiger partial charge in [0.15, 0.2) is 0 Å². The van der Waals surface area contributed by atoms with Gasteiger partial charge in [-0.3, -0.25) is 9.59 Å². The first-order valence-corrected chi connectivity index (χ1v) is 9.42. The van der Waals surface area contributed by atoms with Crippen LogP contribution in [0.2, 0.25) is 0 Å². The maximum Gasteiger partial charge on any atom is 0.240 e. The monoisotopic (exact) mass is 364 g/mol. The third-order valence-corrected chi connectivity index (χ3v) is 5.11. The minimum absolute atomic E-state index is 0.0616. The average molecular weight is 364 g/mol. The van der Waals surface area contributed by atoms with E-state index in [4.69, 9.17) is 0 Å². The van der Waals surface area contributed by atoms with Gasteiger partial charge in [-0.2, -0.15) is 0 Å². The summed E-state index contributed by atoms with van der Waals surface area (Å²) in [7, 11) is 0. The van der Waals surface area contributed by atoms with Gasteiger partial charge in [-0.25, -0.2) is 0 Å². The summed E-state index contributed by atoms with van der Waals surface area (Å²) in [6, 6.07) is 13.7. The second-order valence-electron chi connectivity index (χ2n) is 8.69. The quantitative estimate of drug-likeness (QED) is 0.754. The van der Waals surface area contributed by atoms with Gasteiger partial charge in [-0.05, 0) is 73.1 Å². The zero-order chi connectivity index (χ0) is 19.8. The number of hydrogen-bond acceptors (Lipinski definition) is 2. The van der Waals surface area contributed by atoms with Gasteiger partial charge in [0, 0.05) is 11.4 Å². The molecule has 1 saturated carbocycles. The summed E-state index contributed by atoms with van der Waals surface area (Å²) in [6.07, 6.45) is 1.16. The van der Waals surface area contributed by atoms with Gasteiger partial charge in [-0.1, -0.05) is 39.0 Å². The van der Waals surface area contributed by atoms with Crippen molar-refractivity contribution in [2.45, 2.75) is 52.9 Å². The number of aryl methyl sites for hydroxylation is 2. The van der Waals surface area contributed by atoms with Crippen molar-refractivity contribution >= 4 is 23.2 Å². The molecule has 1 aliphatic rings. The molecule has 0 aliphatic heterocycles. The molecule has 3 rings (SSSR count). The summed E-state index contributed by atoms with van der Waals surface area (Å²) in [4.78, 5) is 25.5. The standard InChI is InChI=1S/C23H28N2O2/c1-15-12-16(2)14-19(13-15)25-21(27)23(10-11-23)20(26)24-18-8-6-17(7-9-18)22(3,4)5/h6-9,12-14H,10-11H2,1-5H3,(H,24,26)(H,25,27). The van der Waals surface area contributed by atoms with Crippen LogP contribution in [0.15, 0.2) is 42.5 Å². The topological polar surface area (TPSA) is 58.2 Å². The lowest BCUT2D eigenvalue weighted by molar-refractivity contribution is -0.131. The first-order chi connectivity index (χ1) is 12.6. The van der Waals surface area contributed by atoms with Gasteiger partial charge in [0.2, 0.25) is 11.8 Å². The SMILES string of the molecule is Cc1cc(C)cc(NC(=O)C2(C(=O)Nc3ccc(C(C)(C)C)cc3)CC2)c1. The van der Waals surface area contributed by atoms with Crippen LogP contribution < -0.4 is 10.6 Å². The van der Waals surface area contributed by atoms with Crippen LogP contribution in [0.1, 0.15) is 50.3 Å². The van der Waals surface area contributed by atoms with Crippen molar-refractivity contribution in [3.63, 3.8) is 0 Å². The molecular formula is C23H28N2O2. The van der Waals surface area contributed by atoms with Crippen molar-refractivity contribution in [1.82, 2.24) is 0 Å². The van der Waals surface area contributed by atoms with Crippen LogP contribution in [0.3, 0.4) is 0 Å². The van der Waals surface area contributed by atoms with E-state index in [1.807, 2.05) is 50.2 Å². The van der Waals surface area contributed by atoms with Crippen molar-refractivity contribution in [3.05, 3.63) is 59.2 Å². The minimum atomic E-state index is -0.958. The van der Waals surface area contributed by atoms with E-state index in [0.717, 1.165) is 22.5 Å². The number of carbonyl (C=O) groups excluding carboxylic acids is 2. The highest BCUT2D eigenvalue weighted by Gasteiger charge is 2.56. The van der Waals surface area contributed by atoms with Crippen molar-refractivity contribution in [2.75, 3.05) is 10.6 Å². The molecule has 0 radical (unpaired) electrons. The Hall–Kier alpha value is -2.62. The number of amides is 2. The largest absolute Gasteiger partial charge is 0.325 e. The Morgan fingerprint density at radius 2 is 1.30 bits per heavy atom. The van der Waals surface area contributed by atoms with Crippen LogP contribution in [0.25, 0.3) is 0 Å². The third kappa shape index (κ3) is 4.21. The van der Waals surface area contributed by atoms with E-state index in [2.05, 4.69) is 37.5 Å². The number of anilines is 2. The van der Waals surface area contributed by atoms with Crippen molar-refractivity contribution < 1.29 is 9.59 Å². The molecule has 2 amide bonds. The molecule has 4 heteroatoms. The highest BCUT2D eigenvalue weighted by Crippen LogP contribution is 2.47. The first kappa shape index (κ1) is 19.2. The zero-order valence-corrected chi connectivity index (χ0v) is 16.8. The Morgan fingerprint density at radius 3 is 1.74 bits per heavy atom. The number of hydrogen-bond donors (Lipinski definition) is 2. The zero-order valence-electron chi connectivity index (χ0n) is 16.8. The van der Waals surface area contributed by atoms with E-state index in [9.17, 15) is 9.59 Å². The molecule has 0 spiro atoms. The van der Waals surface area contributed by atoms with Crippen molar-refractivity contribution in [2.24, 2.45) is 5.41 Å². The maximum absolute atomic E-state index is 12.8. The lowest BCUT2D eigenvalue weighted by atomic mass is 9.87. The smallest absolute Gasteiger partial charge is 0.240 e. The summed E-state index contributed by atoms with van der Waals surface area (Å²) >= 11 is 0. The second-order valence-corrected chi connectivity index (χ2v) is 8.69. The molecule has 2 N–H and O–H groups in total. The number of benzene rings is 2. The van der Waals surface area contributed by atoms with Crippen LogP contribution in [0, 0.1) is 19.3 Å². The summed E-state index contributed by atoms with van der Waals surface area (Å²) in [5.41, 5.74) is 3.93. The molecule has 2 aromatic rings. The minimum Gasteiger partial charge on any atom is -0.325 e. The summed E-state index contributed by atoms with van der Waals surface area (Å²) in [5, 5.41) is 5.84. The predicted octanol–water partition coefficient (Wildman–Crippen LogP) is 4.96. The Labute approximate surface area is 161 Å². The Balaban J connectivity index is 1.69.